The smallest absolute Gasteiger partial charge is 0.129 e. The van der Waals surface area contributed by atoms with Gasteiger partial charge in [-0.05, 0) is 13.0 Å². The summed E-state index contributed by atoms with van der Waals surface area (Å²) < 4.78 is 5.42. The number of rotatable bonds is 0. The third-order valence-electron chi connectivity index (χ3n) is 2.28. The standard InChI is InChI=1S/C9H12N2O/c1-5-7(10)3-2-6-8(11)4-12-9(5)6/h2-3,8H,4,10-11H2,1H3. The van der Waals surface area contributed by atoms with Crippen molar-refractivity contribution in [1.82, 2.24) is 0 Å². The van der Waals surface area contributed by atoms with Gasteiger partial charge in [-0.15, -0.1) is 0 Å². The van der Waals surface area contributed by atoms with E-state index in [9.17, 15) is 0 Å². The Kier molecular flexibility index (Phi) is 1.48. The van der Waals surface area contributed by atoms with Gasteiger partial charge in [-0.3, -0.25) is 0 Å². The molecule has 0 saturated heterocycles. The van der Waals surface area contributed by atoms with Crippen LogP contribution in [0.4, 0.5) is 5.69 Å². The van der Waals surface area contributed by atoms with Gasteiger partial charge in [0, 0.05) is 16.8 Å². The molecule has 0 aliphatic carbocycles. The largest absolute Gasteiger partial charge is 0.491 e. The molecule has 1 aliphatic rings. The van der Waals surface area contributed by atoms with Crippen LogP contribution in [0.1, 0.15) is 17.2 Å². The Balaban J connectivity index is 2.60. The monoisotopic (exact) mass is 164 g/mol. The fourth-order valence-electron chi connectivity index (χ4n) is 1.47. The number of anilines is 1. The lowest BCUT2D eigenvalue weighted by Crippen LogP contribution is -2.10. The molecule has 1 unspecified atom stereocenters. The first-order valence-corrected chi connectivity index (χ1v) is 3.97. The molecule has 2 rings (SSSR count). The third-order valence-corrected chi connectivity index (χ3v) is 2.28. The zero-order chi connectivity index (χ0) is 8.72. The van der Waals surface area contributed by atoms with Crippen LogP contribution >= 0.6 is 0 Å². The molecule has 0 aromatic heterocycles. The van der Waals surface area contributed by atoms with Gasteiger partial charge < -0.3 is 16.2 Å². The summed E-state index contributed by atoms with van der Waals surface area (Å²) in [4.78, 5) is 0. The van der Waals surface area contributed by atoms with Gasteiger partial charge in [-0.1, -0.05) is 6.07 Å². The van der Waals surface area contributed by atoms with Crippen molar-refractivity contribution in [1.29, 1.82) is 0 Å². The molecule has 0 amide bonds. The average Bonchev–Trinajstić information content (AvgIpc) is 2.41. The highest BCUT2D eigenvalue weighted by molar-refractivity contribution is 5.58. The molecule has 12 heavy (non-hydrogen) atoms. The molecular formula is C9H12N2O. The lowest BCUT2D eigenvalue weighted by molar-refractivity contribution is 0.331. The van der Waals surface area contributed by atoms with Crippen molar-refractivity contribution >= 4 is 5.69 Å². The van der Waals surface area contributed by atoms with Crippen LogP contribution in [0.25, 0.3) is 0 Å². The minimum absolute atomic E-state index is 0.0132. The minimum Gasteiger partial charge on any atom is -0.491 e. The van der Waals surface area contributed by atoms with E-state index in [-0.39, 0.29) is 6.04 Å². The molecule has 1 aromatic carbocycles. The number of fused-ring (bicyclic) bond motifs is 1. The summed E-state index contributed by atoms with van der Waals surface area (Å²) >= 11 is 0. The number of hydrogen-bond acceptors (Lipinski definition) is 3. The Morgan fingerprint density at radius 3 is 3.00 bits per heavy atom. The predicted octanol–water partition coefficient (Wildman–Crippen LogP) is 0.969. The molecule has 0 spiro atoms. The zero-order valence-corrected chi connectivity index (χ0v) is 7.00. The van der Waals surface area contributed by atoms with Crippen LogP contribution in [0.5, 0.6) is 5.75 Å². The number of nitrogens with two attached hydrogens (primary N) is 2. The summed E-state index contributed by atoms with van der Waals surface area (Å²) in [6.07, 6.45) is 0. The van der Waals surface area contributed by atoms with Gasteiger partial charge in [0.25, 0.3) is 0 Å². The van der Waals surface area contributed by atoms with Crippen LogP contribution < -0.4 is 16.2 Å². The first kappa shape index (κ1) is 7.43. The van der Waals surface area contributed by atoms with Gasteiger partial charge >= 0.3 is 0 Å². The minimum atomic E-state index is 0.0132. The normalized spacial score (nSPS) is 20.3. The topological polar surface area (TPSA) is 61.3 Å². The van der Waals surface area contributed by atoms with Crippen LogP contribution in [-0.4, -0.2) is 6.61 Å². The molecule has 1 atom stereocenters. The van der Waals surface area contributed by atoms with Gasteiger partial charge in [0.1, 0.15) is 12.4 Å². The van der Waals surface area contributed by atoms with Crippen molar-refractivity contribution in [2.24, 2.45) is 5.73 Å². The van der Waals surface area contributed by atoms with Crippen LogP contribution in [0, 0.1) is 6.92 Å². The van der Waals surface area contributed by atoms with E-state index in [1.807, 2.05) is 19.1 Å². The second-order valence-corrected chi connectivity index (χ2v) is 3.12. The van der Waals surface area contributed by atoms with E-state index in [4.69, 9.17) is 16.2 Å². The van der Waals surface area contributed by atoms with Gasteiger partial charge in [0.2, 0.25) is 0 Å². The van der Waals surface area contributed by atoms with Crippen LogP contribution in [-0.2, 0) is 0 Å². The van der Waals surface area contributed by atoms with E-state index in [0.29, 0.717) is 6.61 Å². The molecule has 1 aliphatic heterocycles. The number of nitrogen functional groups attached to an aromatic ring is 1. The van der Waals surface area contributed by atoms with Gasteiger partial charge in [-0.2, -0.15) is 0 Å². The van der Waals surface area contributed by atoms with Gasteiger partial charge in [-0.25, -0.2) is 0 Å². The van der Waals surface area contributed by atoms with Crippen molar-refractivity contribution < 1.29 is 4.74 Å². The average molecular weight is 164 g/mol. The van der Waals surface area contributed by atoms with E-state index in [0.717, 1.165) is 22.6 Å². The van der Waals surface area contributed by atoms with Crippen molar-refractivity contribution in [3.8, 4) is 5.75 Å². The van der Waals surface area contributed by atoms with E-state index in [1.165, 1.54) is 0 Å². The summed E-state index contributed by atoms with van der Waals surface area (Å²) in [5.74, 6) is 0.877. The van der Waals surface area contributed by atoms with Gasteiger partial charge in [0.05, 0.1) is 6.04 Å². The molecule has 3 heteroatoms. The van der Waals surface area contributed by atoms with Crippen molar-refractivity contribution in [2.45, 2.75) is 13.0 Å². The maximum absolute atomic E-state index is 5.80. The maximum Gasteiger partial charge on any atom is 0.129 e. The van der Waals surface area contributed by atoms with E-state index in [2.05, 4.69) is 0 Å². The second-order valence-electron chi connectivity index (χ2n) is 3.12. The molecule has 0 radical (unpaired) electrons. The SMILES string of the molecule is Cc1c(N)ccc2c1OCC2N. The lowest BCUT2D eigenvalue weighted by Gasteiger charge is -2.05. The summed E-state index contributed by atoms with van der Waals surface area (Å²) in [6.45, 7) is 2.52. The Labute approximate surface area is 71.3 Å². The molecule has 0 bridgehead atoms. The van der Waals surface area contributed by atoms with E-state index < -0.39 is 0 Å². The second kappa shape index (κ2) is 2.38. The maximum atomic E-state index is 5.80. The molecular weight excluding hydrogens is 152 g/mol. The molecule has 0 fully saturated rings. The highest BCUT2D eigenvalue weighted by atomic mass is 16.5. The zero-order valence-electron chi connectivity index (χ0n) is 7.00. The number of ether oxygens (including phenoxy) is 1. The highest BCUT2D eigenvalue weighted by Crippen LogP contribution is 2.36. The van der Waals surface area contributed by atoms with Crippen LogP contribution in [0.3, 0.4) is 0 Å². The first-order chi connectivity index (χ1) is 5.70. The van der Waals surface area contributed by atoms with Crippen LogP contribution in [0.15, 0.2) is 12.1 Å². The van der Waals surface area contributed by atoms with E-state index >= 15 is 0 Å². The fraction of sp³-hybridized carbons (Fsp3) is 0.333. The Bertz CT molecular complexity index is 323. The quantitative estimate of drug-likeness (QED) is 0.562. The summed E-state index contributed by atoms with van der Waals surface area (Å²) in [5.41, 5.74) is 14.4. The number of hydrogen-bond donors (Lipinski definition) is 2. The summed E-state index contributed by atoms with van der Waals surface area (Å²) in [5, 5.41) is 0. The Morgan fingerprint density at radius 2 is 2.25 bits per heavy atom. The van der Waals surface area contributed by atoms with Crippen molar-refractivity contribution in [2.75, 3.05) is 12.3 Å². The Hall–Kier alpha value is -1.22. The molecule has 1 aromatic rings. The van der Waals surface area contributed by atoms with Crippen LogP contribution in [0.2, 0.25) is 0 Å². The first-order valence-electron chi connectivity index (χ1n) is 3.97. The van der Waals surface area contributed by atoms with Gasteiger partial charge in [0.15, 0.2) is 0 Å². The van der Waals surface area contributed by atoms with E-state index in [1.54, 1.807) is 0 Å². The van der Waals surface area contributed by atoms with Crippen molar-refractivity contribution in [3.63, 3.8) is 0 Å². The summed E-state index contributed by atoms with van der Waals surface area (Å²) in [7, 11) is 0. The molecule has 64 valence electrons. The summed E-state index contributed by atoms with van der Waals surface area (Å²) in [6, 6.07) is 3.83. The third kappa shape index (κ3) is 0.865. The fourth-order valence-corrected chi connectivity index (χ4v) is 1.47. The lowest BCUT2D eigenvalue weighted by atomic mass is 10.1. The molecule has 1 heterocycles. The van der Waals surface area contributed by atoms with Crippen molar-refractivity contribution in [3.05, 3.63) is 23.3 Å². The predicted molar refractivity (Wildman–Crippen MR) is 48.0 cm³/mol. The molecule has 4 N–H and O–H groups in total. The number of benzene rings is 1. The highest BCUT2D eigenvalue weighted by Gasteiger charge is 2.22. The molecule has 3 nitrogen and oxygen atoms in total. The molecule has 0 saturated carbocycles. The Morgan fingerprint density at radius 1 is 1.50 bits per heavy atom.